The molecule has 0 saturated heterocycles. The summed E-state index contributed by atoms with van der Waals surface area (Å²) in [4.78, 5) is 13.2. The van der Waals surface area contributed by atoms with Gasteiger partial charge in [0.25, 0.3) is 0 Å². The molecule has 1 aliphatic carbocycles. The summed E-state index contributed by atoms with van der Waals surface area (Å²) in [6.07, 6.45) is 6.87. The third-order valence-electron chi connectivity index (χ3n) is 5.33. The molecule has 0 aliphatic heterocycles. The van der Waals surface area contributed by atoms with E-state index in [0.29, 0.717) is 27.5 Å². The lowest BCUT2D eigenvalue weighted by Crippen LogP contribution is -2.36. The Bertz CT molecular complexity index is 1140. The minimum Gasteiger partial charge on any atom is -0.391 e. The summed E-state index contributed by atoms with van der Waals surface area (Å²) in [5, 5.41) is 14.1. The van der Waals surface area contributed by atoms with Gasteiger partial charge in [0.15, 0.2) is 10.8 Å². The van der Waals surface area contributed by atoms with Gasteiger partial charge in [0, 0.05) is 11.8 Å². The molecule has 0 radical (unpaired) electrons. The molecule has 1 aliphatic rings. The van der Waals surface area contributed by atoms with Crippen LogP contribution in [0.15, 0.2) is 36.8 Å². The van der Waals surface area contributed by atoms with E-state index in [9.17, 15) is 5.11 Å². The number of nitrogens with zero attached hydrogens (tertiary/aromatic N) is 4. The van der Waals surface area contributed by atoms with Gasteiger partial charge in [-0.3, -0.25) is 0 Å². The summed E-state index contributed by atoms with van der Waals surface area (Å²) in [5.41, 5.74) is 2.73. The van der Waals surface area contributed by atoms with Crippen LogP contribution in [0.1, 0.15) is 31.2 Å². The molecule has 0 unspecified atom stereocenters. The van der Waals surface area contributed by atoms with Crippen LogP contribution in [0.5, 0.6) is 0 Å². The Kier molecular flexibility index (Phi) is 4.44. The van der Waals surface area contributed by atoms with Crippen molar-refractivity contribution in [2.75, 3.05) is 5.32 Å². The van der Waals surface area contributed by atoms with Gasteiger partial charge in [-0.15, -0.1) is 0 Å². The number of aromatic nitrogens is 4. The monoisotopic (exact) mass is 397 g/mol. The van der Waals surface area contributed by atoms with Gasteiger partial charge in [-0.2, -0.15) is 0 Å². The number of rotatable bonds is 4. The normalized spacial score (nSPS) is 20.1. The summed E-state index contributed by atoms with van der Waals surface area (Å²) in [7, 11) is 0. The molecule has 0 amide bonds. The first kappa shape index (κ1) is 17.5. The highest BCUT2D eigenvalue weighted by molar-refractivity contribution is 7.22. The van der Waals surface area contributed by atoms with Gasteiger partial charge in [0.2, 0.25) is 0 Å². The molecule has 3 heterocycles. The summed E-state index contributed by atoms with van der Waals surface area (Å²) in [6.45, 7) is 0.358. The maximum atomic E-state index is 15.2. The fourth-order valence-corrected chi connectivity index (χ4v) is 4.81. The lowest BCUT2D eigenvalue weighted by molar-refractivity contribution is 0.116. The van der Waals surface area contributed by atoms with Crippen molar-refractivity contribution < 1.29 is 9.50 Å². The molecule has 8 heteroatoms. The van der Waals surface area contributed by atoms with E-state index in [0.717, 1.165) is 36.8 Å². The van der Waals surface area contributed by atoms with Crippen LogP contribution < -0.4 is 5.32 Å². The molecule has 3 aromatic heterocycles. The van der Waals surface area contributed by atoms with Crippen LogP contribution in [-0.4, -0.2) is 36.8 Å². The molecule has 2 N–H and O–H groups in total. The third-order valence-corrected chi connectivity index (χ3v) is 6.33. The molecule has 1 saturated carbocycles. The highest BCUT2D eigenvalue weighted by Gasteiger charge is 2.24. The Labute approximate surface area is 165 Å². The zero-order chi connectivity index (χ0) is 19.1. The predicted octanol–water partition coefficient (Wildman–Crippen LogP) is 3.94. The van der Waals surface area contributed by atoms with Gasteiger partial charge in [0.05, 0.1) is 35.2 Å². The highest BCUT2D eigenvalue weighted by atomic mass is 32.1. The molecular formula is C20H20FN5OS. The van der Waals surface area contributed by atoms with E-state index < -0.39 is 0 Å². The van der Waals surface area contributed by atoms with Crippen LogP contribution in [0, 0.1) is 5.82 Å². The van der Waals surface area contributed by atoms with Crippen molar-refractivity contribution in [1.82, 2.24) is 19.5 Å². The maximum absolute atomic E-state index is 15.2. The van der Waals surface area contributed by atoms with E-state index in [-0.39, 0.29) is 18.0 Å². The van der Waals surface area contributed by atoms with Gasteiger partial charge in [-0.1, -0.05) is 30.2 Å². The smallest absolute Gasteiger partial charge is 0.184 e. The molecule has 0 bridgehead atoms. The molecule has 1 aromatic carbocycles. The lowest BCUT2D eigenvalue weighted by atomic mass is 9.93. The fourth-order valence-electron chi connectivity index (χ4n) is 3.82. The van der Waals surface area contributed by atoms with E-state index in [1.807, 2.05) is 22.8 Å². The second-order valence-electron chi connectivity index (χ2n) is 7.23. The van der Waals surface area contributed by atoms with Crippen molar-refractivity contribution in [3.05, 3.63) is 48.2 Å². The van der Waals surface area contributed by atoms with Crippen molar-refractivity contribution in [2.45, 2.75) is 44.4 Å². The molecular weight excluding hydrogens is 377 g/mol. The molecule has 1 fully saturated rings. The van der Waals surface area contributed by atoms with E-state index >= 15 is 4.39 Å². The third kappa shape index (κ3) is 3.12. The van der Waals surface area contributed by atoms with Crippen LogP contribution in [0.2, 0.25) is 0 Å². The number of benzene rings is 1. The summed E-state index contributed by atoms with van der Waals surface area (Å²) < 4.78 is 17.5. The van der Waals surface area contributed by atoms with Crippen LogP contribution in [0.25, 0.3) is 21.4 Å². The van der Waals surface area contributed by atoms with Crippen molar-refractivity contribution in [1.29, 1.82) is 0 Å². The number of pyridine rings is 1. The average Bonchev–Trinajstić information content (AvgIpc) is 3.30. The molecule has 28 heavy (non-hydrogen) atoms. The number of fused-ring (bicyclic) bond motifs is 2. The van der Waals surface area contributed by atoms with E-state index in [1.165, 1.54) is 11.3 Å². The van der Waals surface area contributed by atoms with E-state index in [1.54, 1.807) is 18.6 Å². The van der Waals surface area contributed by atoms with Crippen molar-refractivity contribution in [3.8, 4) is 0 Å². The predicted molar refractivity (Wildman–Crippen MR) is 108 cm³/mol. The van der Waals surface area contributed by atoms with Gasteiger partial charge in [-0.25, -0.2) is 19.3 Å². The number of thiazole rings is 1. The van der Waals surface area contributed by atoms with Crippen LogP contribution in [-0.2, 0) is 6.54 Å². The number of aliphatic hydroxyl groups is 1. The largest absolute Gasteiger partial charge is 0.391 e. The van der Waals surface area contributed by atoms with Gasteiger partial charge < -0.3 is 15.0 Å². The fraction of sp³-hybridized carbons (Fsp3) is 0.350. The van der Waals surface area contributed by atoms with Crippen molar-refractivity contribution in [2.24, 2.45) is 0 Å². The Balaban J connectivity index is 1.44. The second-order valence-corrected chi connectivity index (χ2v) is 8.23. The zero-order valence-electron chi connectivity index (χ0n) is 15.2. The van der Waals surface area contributed by atoms with Crippen LogP contribution in [0.3, 0.4) is 0 Å². The Hall–Kier alpha value is -2.58. The molecule has 5 rings (SSSR count). The summed E-state index contributed by atoms with van der Waals surface area (Å²) in [5.74, 6) is -0.259. The maximum Gasteiger partial charge on any atom is 0.184 e. The second kappa shape index (κ2) is 7.10. The number of hydrogen-bond acceptors (Lipinski definition) is 6. The topological polar surface area (TPSA) is 75.9 Å². The first-order chi connectivity index (χ1) is 13.7. The van der Waals surface area contributed by atoms with Crippen molar-refractivity contribution >= 4 is 37.8 Å². The van der Waals surface area contributed by atoms with Crippen LogP contribution >= 0.6 is 11.3 Å². The van der Waals surface area contributed by atoms with E-state index in [4.69, 9.17) is 0 Å². The molecule has 2 atom stereocenters. The van der Waals surface area contributed by atoms with Gasteiger partial charge in [-0.05, 0) is 31.0 Å². The molecule has 4 aromatic rings. The van der Waals surface area contributed by atoms with Crippen LogP contribution in [0.4, 0.5) is 9.52 Å². The minimum atomic E-state index is -0.372. The number of nitrogens with one attached hydrogen (secondary N) is 1. The minimum absolute atomic E-state index is 0.0137. The number of aliphatic hydroxyl groups excluding tert-OH is 1. The highest BCUT2D eigenvalue weighted by Crippen LogP contribution is 2.32. The summed E-state index contributed by atoms with van der Waals surface area (Å²) in [6, 6.07) is 7.32. The number of anilines is 1. The number of halogens is 1. The van der Waals surface area contributed by atoms with Crippen molar-refractivity contribution in [3.63, 3.8) is 0 Å². The first-order valence-corrected chi connectivity index (χ1v) is 10.3. The van der Waals surface area contributed by atoms with E-state index in [2.05, 4.69) is 20.3 Å². The quantitative estimate of drug-likeness (QED) is 0.545. The Morgan fingerprint density at radius 2 is 2.07 bits per heavy atom. The van der Waals surface area contributed by atoms with Gasteiger partial charge >= 0.3 is 0 Å². The molecule has 6 nitrogen and oxygen atoms in total. The first-order valence-electron chi connectivity index (χ1n) is 9.47. The SMILES string of the molecule is O[C@@H]1CCCC[C@H]1Nc1nc2ccc(Cn3cnc4cccnc43)c(F)c2s1. The number of hydrogen-bond donors (Lipinski definition) is 2. The van der Waals surface area contributed by atoms with Gasteiger partial charge in [0.1, 0.15) is 11.3 Å². The Morgan fingerprint density at radius 1 is 1.18 bits per heavy atom. The number of imidazole rings is 1. The molecule has 144 valence electrons. The molecule has 0 spiro atoms. The average molecular weight is 397 g/mol. The lowest BCUT2D eigenvalue weighted by Gasteiger charge is -2.27. The standard InChI is InChI=1S/C20H20FN5OS/c21-17-12(10-26-11-23-15-5-3-9-22-19(15)26)7-8-14-18(17)28-20(25-14)24-13-4-1-2-6-16(13)27/h3,5,7-9,11,13,16,27H,1-2,4,6,10H2,(H,24,25)/t13-,16-/m1/s1. The Morgan fingerprint density at radius 3 is 2.96 bits per heavy atom. The zero-order valence-corrected chi connectivity index (χ0v) is 16.0. The summed E-state index contributed by atoms with van der Waals surface area (Å²) >= 11 is 1.30.